The van der Waals surface area contributed by atoms with Gasteiger partial charge in [0.1, 0.15) is 18.1 Å². The number of carbonyl (C=O) groups excluding carboxylic acids is 2. The normalized spacial score (nSPS) is 17.1. The average Bonchev–Trinajstić information content (AvgIpc) is 3.13. The molecular weight excluding hydrogens is 454 g/mol. The Morgan fingerprint density at radius 3 is 2.53 bits per heavy atom. The van der Waals surface area contributed by atoms with Crippen molar-refractivity contribution in [3.05, 3.63) is 101 Å². The number of ether oxygens (including phenoxy) is 1. The summed E-state index contributed by atoms with van der Waals surface area (Å²) in [6.07, 6.45) is 3.97. The van der Waals surface area contributed by atoms with Crippen LogP contribution in [0.1, 0.15) is 34.7 Å². The van der Waals surface area contributed by atoms with Crippen molar-refractivity contribution in [1.29, 1.82) is 0 Å². The smallest absolute Gasteiger partial charge is 0.295 e. The number of aryl methyl sites for hydroxylation is 1. The van der Waals surface area contributed by atoms with Gasteiger partial charge in [-0.05, 0) is 74.9 Å². The lowest BCUT2D eigenvalue weighted by atomic mass is 9.94. The molecule has 1 saturated heterocycles. The number of likely N-dealkylation sites (tertiary alicyclic amines) is 1. The van der Waals surface area contributed by atoms with Crippen LogP contribution in [0, 0.1) is 6.92 Å². The molecule has 0 bridgehead atoms. The zero-order chi connectivity index (χ0) is 25.7. The Labute approximate surface area is 211 Å². The van der Waals surface area contributed by atoms with Crippen molar-refractivity contribution in [1.82, 2.24) is 14.8 Å². The number of ketones is 1. The molecule has 0 radical (unpaired) electrons. The molecule has 1 amide bonds. The van der Waals surface area contributed by atoms with E-state index >= 15 is 0 Å². The van der Waals surface area contributed by atoms with Crippen LogP contribution in [0.25, 0.3) is 5.76 Å². The molecule has 1 N–H and O–H groups in total. The molecule has 0 spiro atoms. The summed E-state index contributed by atoms with van der Waals surface area (Å²) in [7, 11) is 3.92. The predicted octanol–water partition coefficient (Wildman–Crippen LogP) is 4.34. The lowest BCUT2D eigenvalue weighted by Crippen LogP contribution is -2.32. The first kappa shape index (κ1) is 25.1. The highest BCUT2D eigenvalue weighted by atomic mass is 16.5. The largest absolute Gasteiger partial charge is 0.507 e. The molecule has 1 aliphatic rings. The average molecular weight is 486 g/mol. The van der Waals surface area contributed by atoms with E-state index in [2.05, 4.69) is 4.98 Å². The molecule has 1 fully saturated rings. The van der Waals surface area contributed by atoms with E-state index in [0.29, 0.717) is 36.4 Å². The van der Waals surface area contributed by atoms with E-state index in [1.165, 1.54) is 0 Å². The molecule has 2 heterocycles. The zero-order valence-corrected chi connectivity index (χ0v) is 20.8. The first-order chi connectivity index (χ1) is 17.4. The molecule has 0 unspecified atom stereocenters. The highest BCUT2D eigenvalue weighted by Gasteiger charge is 2.46. The van der Waals surface area contributed by atoms with Crippen LogP contribution < -0.4 is 4.74 Å². The number of aliphatic hydroxyl groups excluding tert-OH is 1. The number of aromatic nitrogens is 1. The molecule has 3 aromatic rings. The third-order valence-electron chi connectivity index (χ3n) is 6.25. The van der Waals surface area contributed by atoms with Gasteiger partial charge in [0.2, 0.25) is 0 Å². The minimum absolute atomic E-state index is 0.0823. The Morgan fingerprint density at radius 1 is 1.08 bits per heavy atom. The molecule has 4 rings (SSSR count). The molecule has 1 aliphatic heterocycles. The monoisotopic (exact) mass is 485 g/mol. The summed E-state index contributed by atoms with van der Waals surface area (Å²) in [5.74, 6) is -0.829. The van der Waals surface area contributed by atoms with Crippen LogP contribution in [0.4, 0.5) is 0 Å². The molecule has 1 aromatic heterocycles. The van der Waals surface area contributed by atoms with E-state index in [1.807, 2.05) is 68.4 Å². The second-order valence-electron chi connectivity index (χ2n) is 9.19. The fourth-order valence-corrected chi connectivity index (χ4v) is 4.43. The maximum Gasteiger partial charge on any atom is 0.295 e. The van der Waals surface area contributed by atoms with Gasteiger partial charge in [-0.3, -0.25) is 14.6 Å². The number of carbonyl (C=O) groups is 2. The lowest BCUT2D eigenvalue weighted by Gasteiger charge is -2.25. The van der Waals surface area contributed by atoms with Gasteiger partial charge >= 0.3 is 0 Å². The highest BCUT2D eigenvalue weighted by molar-refractivity contribution is 6.46. The van der Waals surface area contributed by atoms with Crippen molar-refractivity contribution in [2.75, 3.05) is 27.2 Å². The third kappa shape index (κ3) is 5.47. The molecule has 2 aromatic carbocycles. The van der Waals surface area contributed by atoms with Gasteiger partial charge in [0.15, 0.2) is 0 Å². The quantitative estimate of drug-likeness (QED) is 0.276. The van der Waals surface area contributed by atoms with Gasteiger partial charge in [0.05, 0.1) is 11.6 Å². The summed E-state index contributed by atoms with van der Waals surface area (Å²) in [5, 5.41) is 11.4. The molecular formula is C29H31N3O4. The van der Waals surface area contributed by atoms with E-state index in [-0.39, 0.29) is 11.3 Å². The van der Waals surface area contributed by atoms with Crippen LogP contribution in [-0.2, 0) is 16.2 Å². The number of hydrogen-bond donors (Lipinski definition) is 1. The standard InChI is InChI=1S/C29H31N3O4/c1-20-17-23(36-19-21-9-5-4-6-10-21)12-13-24(20)27(33)25-26(22-11-7-14-30-18-22)32(29(35)28(25)34)16-8-15-31(2)3/h4-7,9-14,17-18,26,33H,8,15-16,19H2,1-3H3/t26-/m0/s1. The van der Waals surface area contributed by atoms with Crippen LogP contribution in [0.15, 0.2) is 78.6 Å². The molecule has 0 saturated carbocycles. The summed E-state index contributed by atoms with van der Waals surface area (Å²) < 4.78 is 5.90. The van der Waals surface area contributed by atoms with E-state index in [9.17, 15) is 14.7 Å². The Kier molecular flexibility index (Phi) is 7.80. The first-order valence-electron chi connectivity index (χ1n) is 12.0. The van der Waals surface area contributed by atoms with Gasteiger partial charge in [0.25, 0.3) is 11.7 Å². The SMILES string of the molecule is Cc1cc(OCc2ccccc2)ccc1C(O)=C1C(=O)C(=O)N(CCCN(C)C)[C@H]1c1cccnc1. The summed E-state index contributed by atoms with van der Waals surface area (Å²) in [6, 6.07) is 18.0. The van der Waals surface area contributed by atoms with Gasteiger partial charge in [-0.25, -0.2) is 0 Å². The van der Waals surface area contributed by atoms with Crippen molar-refractivity contribution in [2.24, 2.45) is 0 Å². The summed E-state index contributed by atoms with van der Waals surface area (Å²) in [5.41, 5.74) is 3.04. The Hall–Kier alpha value is -3.97. The third-order valence-corrected chi connectivity index (χ3v) is 6.25. The molecule has 186 valence electrons. The van der Waals surface area contributed by atoms with E-state index in [1.54, 1.807) is 35.5 Å². The number of aliphatic hydroxyl groups is 1. The molecule has 36 heavy (non-hydrogen) atoms. The number of nitrogens with zero attached hydrogens (tertiary/aromatic N) is 3. The Bertz CT molecular complexity index is 1260. The van der Waals surface area contributed by atoms with Gasteiger partial charge in [-0.15, -0.1) is 0 Å². The van der Waals surface area contributed by atoms with Crippen molar-refractivity contribution in [3.8, 4) is 5.75 Å². The van der Waals surface area contributed by atoms with Gasteiger partial charge in [-0.1, -0.05) is 36.4 Å². The highest BCUT2D eigenvalue weighted by Crippen LogP contribution is 2.40. The van der Waals surface area contributed by atoms with Crippen LogP contribution in [0.5, 0.6) is 5.75 Å². The predicted molar refractivity (Wildman–Crippen MR) is 138 cm³/mol. The fourth-order valence-electron chi connectivity index (χ4n) is 4.43. The van der Waals surface area contributed by atoms with Crippen molar-refractivity contribution >= 4 is 17.4 Å². The van der Waals surface area contributed by atoms with E-state index < -0.39 is 17.7 Å². The minimum atomic E-state index is -0.700. The van der Waals surface area contributed by atoms with Gasteiger partial charge in [-0.2, -0.15) is 0 Å². The van der Waals surface area contributed by atoms with Crippen molar-refractivity contribution < 1.29 is 19.4 Å². The lowest BCUT2D eigenvalue weighted by molar-refractivity contribution is -0.139. The number of amides is 1. The van der Waals surface area contributed by atoms with Gasteiger partial charge in [0, 0.05) is 24.5 Å². The zero-order valence-electron chi connectivity index (χ0n) is 20.8. The second kappa shape index (κ2) is 11.2. The first-order valence-corrected chi connectivity index (χ1v) is 12.0. The van der Waals surface area contributed by atoms with E-state index in [4.69, 9.17) is 4.74 Å². The van der Waals surface area contributed by atoms with Crippen LogP contribution >= 0.6 is 0 Å². The Morgan fingerprint density at radius 2 is 1.86 bits per heavy atom. The van der Waals surface area contributed by atoms with Crippen LogP contribution in [-0.4, -0.2) is 58.8 Å². The molecule has 0 aliphatic carbocycles. The topological polar surface area (TPSA) is 83.0 Å². The molecule has 1 atom stereocenters. The number of benzene rings is 2. The van der Waals surface area contributed by atoms with Crippen LogP contribution in [0.2, 0.25) is 0 Å². The Balaban J connectivity index is 1.66. The number of pyridine rings is 1. The van der Waals surface area contributed by atoms with Crippen LogP contribution in [0.3, 0.4) is 0 Å². The summed E-state index contributed by atoms with van der Waals surface area (Å²) in [6.45, 7) is 3.43. The maximum atomic E-state index is 13.2. The van der Waals surface area contributed by atoms with E-state index in [0.717, 1.165) is 17.7 Å². The molecule has 7 nitrogen and oxygen atoms in total. The maximum absolute atomic E-state index is 13.2. The second-order valence-corrected chi connectivity index (χ2v) is 9.19. The number of rotatable bonds is 9. The van der Waals surface area contributed by atoms with Crippen molar-refractivity contribution in [2.45, 2.75) is 26.0 Å². The summed E-state index contributed by atoms with van der Waals surface area (Å²) in [4.78, 5) is 34.0. The van der Waals surface area contributed by atoms with Gasteiger partial charge < -0.3 is 19.6 Å². The fraction of sp³-hybridized carbons (Fsp3) is 0.276. The van der Waals surface area contributed by atoms with Crippen molar-refractivity contribution in [3.63, 3.8) is 0 Å². The summed E-state index contributed by atoms with van der Waals surface area (Å²) >= 11 is 0. The minimum Gasteiger partial charge on any atom is -0.507 e. The molecule has 7 heteroatoms. The number of Topliss-reactive ketones (excluding diaryl/α,β-unsaturated/α-hetero) is 1. The number of hydrogen-bond acceptors (Lipinski definition) is 6.